The maximum atomic E-state index is 13.6. The number of carbonyl (C=O) groups excluding carboxylic acids is 7. The lowest BCUT2D eigenvalue weighted by Crippen LogP contribution is -2.64. The smallest absolute Gasteiger partial charge is 0.223 e. The number of ether oxygens (including phenoxy) is 7. The van der Waals surface area contributed by atoms with Gasteiger partial charge in [-0.25, -0.2) is 0 Å². The number of rotatable bonds is 40. The molecule has 2 aliphatic rings. The summed E-state index contributed by atoms with van der Waals surface area (Å²) in [6.45, 7) is 12.4. The summed E-state index contributed by atoms with van der Waals surface area (Å²) in [5, 5.41) is 80.0. The van der Waals surface area contributed by atoms with Gasteiger partial charge in [-0.1, -0.05) is 41.5 Å². The lowest BCUT2D eigenvalue weighted by Gasteiger charge is -2.42. The van der Waals surface area contributed by atoms with Crippen molar-refractivity contribution in [3.05, 3.63) is 0 Å². The number of aliphatic hydroxyl groups excluding tert-OH is 6. The van der Waals surface area contributed by atoms with Crippen molar-refractivity contribution in [1.82, 2.24) is 37.2 Å². The van der Waals surface area contributed by atoms with Crippen LogP contribution in [0, 0.1) is 17.3 Å². The normalized spacial score (nSPS) is 24.9. The quantitative estimate of drug-likeness (QED) is 0.0216. The van der Waals surface area contributed by atoms with Gasteiger partial charge in [0.25, 0.3) is 0 Å². The zero-order chi connectivity index (χ0) is 58.4. The van der Waals surface area contributed by atoms with Crippen LogP contribution in [0.2, 0.25) is 0 Å². The molecule has 78 heavy (non-hydrogen) atoms. The Labute approximate surface area is 458 Å². The molecule has 0 bridgehead atoms. The van der Waals surface area contributed by atoms with Gasteiger partial charge in [-0.2, -0.15) is 0 Å². The highest BCUT2D eigenvalue weighted by atomic mass is 16.7. The van der Waals surface area contributed by atoms with E-state index in [-0.39, 0.29) is 134 Å². The average Bonchev–Trinajstić information content (AvgIpc) is 3.38. The summed E-state index contributed by atoms with van der Waals surface area (Å²) in [6, 6.07) is -2.24. The van der Waals surface area contributed by atoms with Crippen molar-refractivity contribution < 1.29 is 97.4 Å². The minimum atomic E-state index is -1.50. The molecule has 0 spiro atoms. The first-order chi connectivity index (χ1) is 36.9. The summed E-state index contributed by atoms with van der Waals surface area (Å²) in [5.74, 6) is -2.66. The fraction of sp³-hybridized carbons (Fsp3) is 0.863. The molecule has 0 aromatic carbocycles. The van der Waals surface area contributed by atoms with Crippen molar-refractivity contribution >= 4 is 41.2 Å². The Morgan fingerprint density at radius 3 is 1.59 bits per heavy atom. The molecule has 2 rings (SSSR count). The molecular formula is C51H93N7O20. The van der Waals surface area contributed by atoms with Crippen molar-refractivity contribution in [2.45, 2.75) is 180 Å². The van der Waals surface area contributed by atoms with Crippen molar-refractivity contribution in [2.24, 2.45) is 17.3 Å². The standard InChI is InChI=1S/C51H93N7O20/c1-9-17-53-38(64)14-18-72-26-51(58-41(67)13-11-12-35(63)32(4)10-2,28-74-20-16-40(66)55-29-52-30-76-49-43(57-34(6)62)47(71)45(69)37(23-60)78-49)27-73-19-15-39(65)54-25-50(7,8)21-31(3)24-75-48-42(56-33(5)61)46(70)44(68)36(22-59)77-48/h31-32,36-37,42-49,52,59-60,68-71H,9-30H2,1-8H3,(H,53,64)(H,54,65)(H,55,66)(H,56,61)(H,57,62)(H,58,67). The number of hydrogen-bond donors (Lipinski definition) is 13. The first-order valence-electron chi connectivity index (χ1n) is 27.0. The number of hydrogen-bond acceptors (Lipinski definition) is 21. The zero-order valence-corrected chi connectivity index (χ0v) is 46.9. The van der Waals surface area contributed by atoms with Gasteiger partial charge in [0, 0.05) is 65.0 Å². The van der Waals surface area contributed by atoms with E-state index in [1.807, 2.05) is 41.5 Å². The number of ketones is 1. The molecule has 27 nitrogen and oxygen atoms in total. The lowest BCUT2D eigenvalue weighted by atomic mass is 9.83. The molecule has 452 valence electrons. The predicted octanol–water partition coefficient (Wildman–Crippen LogP) is -2.92. The van der Waals surface area contributed by atoms with E-state index in [9.17, 15) is 64.2 Å². The zero-order valence-electron chi connectivity index (χ0n) is 46.9. The van der Waals surface area contributed by atoms with Crippen molar-refractivity contribution in [1.29, 1.82) is 0 Å². The van der Waals surface area contributed by atoms with Gasteiger partial charge >= 0.3 is 0 Å². The summed E-state index contributed by atoms with van der Waals surface area (Å²) in [5.41, 5.74) is -1.83. The van der Waals surface area contributed by atoms with Gasteiger partial charge in [0.1, 0.15) is 66.8 Å². The van der Waals surface area contributed by atoms with Crippen LogP contribution in [0.5, 0.6) is 0 Å². The van der Waals surface area contributed by atoms with Crippen LogP contribution in [-0.2, 0) is 66.7 Å². The maximum Gasteiger partial charge on any atom is 0.223 e. The summed E-state index contributed by atoms with van der Waals surface area (Å²) in [4.78, 5) is 88.1. The van der Waals surface area contributed by atoms with Crippen LogP contribution in [-0.4, -0.2) is 225 Å². The molecule has 13 unspecified atom stereocenters. The van der Waals surface area contributed by atoms with Gasteiger partial charge in [-0.3, -0.25) is 38.9 Å². The molecule has 2 aliphatic heterocycles. The Bertz CT molecular complexity index is 1820. The van der Waals surface area contributed by atoms with E-state index >= 15 is 0 Å². The molecule has 13 N–H and O–H groups in total. The predicted molar refractivity (Wildman–Crippen MR) is 278 cm³/mol. The highest BCUT2D eigenvalue weighted by Gasteiger charge is 2.47. The third kappa shape index (κ3) is 26.5. The van der Waals surface area contributed by atoms with Crippen LogP contribution in [0.3, 0.4) is 0 Å². The van der Waals surface area contributed by atoms with E-state index in [1.54, 1.807) is 0 Å². The van der Waals surface area contributed by atoms with Gasteiger partial charge in [0.2, 0.25) is 35.4 Å². The Morgan fingerprint density at radius 2 is 1.12 bits per heavy atom. The van der Waals surface area contributed by atoms with Crippen molar-refractivity contribution in [2.75, 3.05) is 86.0 Å². The number of amides is 6. The van der Waals surface area contributed by atoms with Gasteiger partial charge in [-0.15, -0.1) is 0 Å². The fourth-order valence-electron chi connectivity index (χ4n) is 8.57. The highest BCUT2D eigenvalue weighted by Crippen LogP contribution is 2.28. The van der Waals surface area contributed by atoms with E-state index in [0.717, 1.165) is 6.42 Å². The maximum absolute atomic E-state index is 13.6. The largest absolute Gasteiger partial charge is 0.394 e. The van der Waals surface area contributed by atoms with Crippen molar-refractivity contribution in [3.8, 4) is 0 Å². The second-order valence-corrected chi connectivity index (χ2v) is 21.0. The average molecular weight is 1120 g/mol. The fourth-order valence-corrected chi connectivity index (χ4v) is 8.57. The van der Waals surface area contributed by atoms with E-state index in [1.165, 1.54) is 13.8 Å². The van der Waals surface area contributed by atoms with E-state index in [2.05, 4.69) is 37.2 Å². The molecule has 27 heteroatoms. The molecule has 6 amide bonds. The van der Waals surface area contributed by atoms with Crippen LogP contribution in [0.1, 0.15) is 113 Å². The molecular weight excluding hydrogens is 1030 g/mol. The van der Waals surface area contributed by atoms with E-state index in [4.69, 9.17) is 33.2 Å². The Balaban J connectivity index is 2.07. The Morgan fingerprint density at radius 1 is 0.628 bits per heavy atom. The van der Waals surface area contributed by atoms with Crippen LogP contribution in [0.25, 0.3) is 0 Å². The van der Waals surface area contributed by atoms with Gasteiger partial charge in [0.05, 0.1) is 66.1 Å². The molecule has 2 heterocycles. The number of Topliss-reactive ketones (excluding diaryl/α,β-unsaturated/α-hetero) is 1. The van der Waals surface area contributed by atoms with Crippen LogP contribution in [0.4, 0.5) is 0 Å². The molecule has 13 atom stereocenters. The lowest BCUT2D eigenvalue weighted by molar-refractivity contribution is -0.272. The number of carbonyl (C=O) groups is 7. The van der Waals surface area contributed by atoms with E-state index in [0.29, 0.717) is 19.4 Å². The monoisotopic (exact) mass is 1120 g/mol. The van der Waals surface area contributed by atoms with Crippen LogP contribution >= 0.6 is 0 Å². The first kappa shape index (κ1) is 70.0. The van der Waals surface area contributed by atoms with Crippen LogP contribution in [0.15, 0.2) is 0 Å². The minimum absolute atomic E-state index is 0.0138. The molecule has 0 saturated carbocycles. The molecule has 0 radical (unpaired) electrons. The minimum Gasteiger partial charge on any atom is -0.394 e. The second kappa shape index (κ2) is 37.0. The highest BCUT2D eigenvalue weighted by molar-refractivity contribution is 5.82. The van der Waals surface area contributed by atoms with Gasteiger partial charge in [0.15, 0.2) is 12.6 Å². The molecule has 0 aliphatic carbocycles. The molecule has 0 aromatic heterocycles. The third-order valence-corrected chi connectivity index (χ3v) is 13.0. The SMILES string of the molecule is CCCNC(=O)CCOCC(COCCC(=O)NCNCOC1OC(CO)C(O)C(O)C1NC(C)=O)(COCCC(=O)NCC(C)(C)CC(C)COC1OC(CO)C(O)C(O)C1NC(C)=O)NC(=O)CCCC(=O)C(C)CC. The van der Waals surface area contributed by atoms with Crippen LogP contribution < -0.4 is 37.2 Å². The van der Waals surface area contributed by atoms with Gasteiger partial charge in [-0.05, 0) is 37.0 Å². The van der Waals surface area contributed by atoms with E-state index < -0.39 is 109 Å². The third-order valence-electron chi connectivity index (χ3n) is 13.0. The summed E-state index contributed by atoms with van der Waals surface area (Å²) in [6.07, 6.45) is -8.34. The Hall–Kier alpha value is -4.07. The molecule has 0 aromatic rings. The topological polar surface area (TPSA) is 390 Å². The van der Waals surface area contributed by atoms with Gasteiger partial charge < -0.3 is 95.7 Å². The first-order valence-corrected chi connectivity index (χ1v) is 27.0. The number of aliphatic hydroxyl groups is 6. The second-order valence-electron chi connectivity index (χ2n) is 21.0. The summed E-state index contributed by atoms with van der Waals surface area (Å²) in [7, 11) is 0. The number of nitrogens with one attached hydrogen (secondary N) is 7. The Kier molecular flexibility index (Phi) is 33.3. The summed E-state index contributed by atoms with van der Waals surface area (Å²) < 4.78 is 40.7. The van der Waals surface area contributed by atoms with Crippen molar-refractivity contribution in [3.63, 3.8) is 0 Å². The molecule has 2 fully saturated rings. The molecule has 2 saturated heterocycles. The summed E-state index contributed by atoms with van der Waals surface area (Å²) >= 11 is 0.